The fourth-order valence-corrected chi connectivity index (χ4v) is 3.23. The molecule has 0 aliphatic rings. The molecule has 8 nitrogen and oxygen atoms in total. The Labute approximate surface area is 186 Å². The van der Waals surface area contributed by atoms with Gasteiger partial charge in [0.2, 0.25) is 5.88 Å². The topological polar surface area (TPSA) is 106 Å². The van der Waals surface area contributed by atoms with E-state index >= 15 is 0 Å². The van der Waals surface area contributed by atoms with Crippen molar-refractivity contribution in [2.45, 2.75) is 20.5 Å². The van der Waals surface area contributed by atoms with Crippen LogP contribution >= 0.6 is 0 Å². The van der Waals surface area contributed by atoms with Crippen molar-refractivity contribution in [2.24, 2.45) is 5.10 Å². The van der Waals surface area contributed by atoms with Crippen LogP contribution in [0.2, 0.25) is 0 Å². The third-order valence-corrected chi connectivity index (χ3v) is 4.56. The second-order valence-electron chi connectivity index (χ2n) is 6.86. The van der Waals surface area contributed by atoms with Crippen molar-refractivity contribution >= 4 is 22.9 Å². The maximum atomic E-state index is 12.3. The maximum Gasteiger partial charge on any atom is 0.278 e. The Balaban J connectivity index is 1.71. The van der Waals surface area contributed by atoms with Gasteiger partial charge in [0.25, 0.3) is 5.91 Å². The van der Waals surface area contributed by atoms with Crippen LogP contribution in [0.15, 0.2) is 47.6 Å². The lowest BCUT2D eigenvalue weighted by Crippen LogP contribution is -2.25. The Morgan fingerprint density at radius 3 is 2.81 bits per heavy atom. The van der Waals surface area contributed by atoms with Gasteiger partial charge in [-0.1, -0.05) is 30.3 Å². The molecule has 3 rings (SSSR count). The highest BCUT2D eigenvalue weighted by atomic mass is 16.5. The molecule has 1 amide bonds. The van der Waals surface area contributed by atoms with Crippen molar-refractivity contribution in [1.29, 1.82) is 5.26 Å². The molecule has 0 atom stereocenters. The average Bonchev–Trinajstić information content (AvgIpc) is 2.79. The maximum absolute atomic E-state index is 12.3. The number of hydrazone groups is 1. The zero-order chi connectivity index (χ0) is 22.9. The van der Waals surface area contributed by atoms with Gasteiger partial charge in [0.1, 0.15) is 17.4 Å². The summed E-state index contributed by atoms with van der Waals surface area (Å²) in [7, 11) is 1.54. The molecule has 1 N–H and O–H groups in total. The number of carbonyl (C=O) groups excluding carboxylic acids is 1. The molecule has 0 saturated heterocycles. The molecule has 32 heavy (non-hydrogen) atoms. The summed E-state index contributed by atoms with van der Waals surface area (Å²) in [5, 5.41) is 15.5. The van der Waals surface area contributed by atoms with E-state index in [0.29, 0.717) is 23.6 Å². The summed E-state index contributed by atoms with van der Waals surface area (Å²) >= 11 is 0. The highest BCUT2D eigenvalue weighted by molar-refractivity contribution is 6.02. The van der Waals surface area contributed by atoms with Gasteiger partial charge in [0.05, 0.1) is 19.4 Å². The SMILES string of the molecule is CCOc1ccc2ccccc2c1/C=N\NC(=O)COc1nc(C)cc(COC)c1C#N. The summed E-state index contributed by atoms with van der Waals surface area (Å²) in [4.78, 5) is 16.5. The van der Waals surface area contributed by atoms with Crippen LogP contribution in [0.3, 0.4) is 0 Å². The summed E-state index contributed by atoms with van der Waals surface area (Å²) in [5.74, 6) is 0.278. The first-order valence-electron chi connectivity index (χ1n) is 10.1. The van der Waals surface area contributed by atoms with E-state index in [1.165, 1.54) is 7.11 Å². The molecule has 8 heteroatoms. The summed E-state index contributed by atoms with van der Waals surface area (Å²) in [5.41, 5.74) is 4.75. The van der Waals surface area contributed by atoms with Crippen LogP contribution in [0.1, 0.15) is 29.3 Å². The number of amides is 1. The lowest BCUT2D eigenvalue weighted by atomic mass is 10.0. The number of aryl methyl sites for hydroxylation is 1. The van der Waals surface area contributed by atoms with Crippen molar-refractivity contribution in [3.05, 3.63) is 64.8 Å². The number of hydrogen-bond donors (Lipinski definition) is 1. The van der Waals surface area contributed by atoms with Gasteiger partial charge in [-0.2, -0.15) is 10.4 Å². The monoisotopic (exact) mass is 432 g/mol. The molecule has 0 aliphatic heterocycles. The fourth-order valence-electron chi connectivity index (χ4n) is 3.23. The van der Waals surface area contributed by atoms with E-state index in [0.717, 1.165) is 16.3 Å². The Kier molecular flexibility index (Phi) is 7.73. The van der Waals surface area contributed by atoms with E-state index in [1.807, 2.05) is 43.3 Å². The van der Waals surface area contributed by atoms with E-state index in [2.05, 4.69) is 21.6 Å². The molecule has 0 unspecified atom stereocenters. The first-order chi connectivity index (χ1) is 15.6. The molecular formula is C24H24N4O4. The standard InChI is InChI=1S/C24H24N4O4/c1-4-31-22-10-9-17-7-5-6-8-19(17)21(22)13-26-28-23(29)15-32-24-20(12-25)18(14-30-3)11-16(2)27-24/h5-11,13H,4,14-15H2,1-3H3,(H,28,29)/b26-13-. The van der Waals surface area contributed by atoms with Crippen molar-refractivity contribution in [1.82, 2.24) is 10.4 Å². The number of carbonyl (C=O) groups is 1. The minimum Gasteiger partial charge on any atom is -0.493 e. The summed E-state index contributed by atoms with van der Waals surface area (Å²) in [6.07, 6.45) is 1.55. The van der Waals surface area contributed by atoms with Crippen LogP contribution in [-0.2, 0) is 16.1 Å². The molecule has 0 radical (unpaired) electrons. The van der Waals surface area contributed by atoms with Gasteiger partial charge in [-0.05, 0) is 36.8 Å². The fraction of sp³-hybridized carbons (Fsp3) is 0.250. The van der Waals surface area contributed by atoms with Gasteiger partial charge in [0, 0.05) is 23.9 Å². The number of methoxy groups -OCH3 is 1. The van der Waals surface area contributed by atoms with Crippen LogP contribution in [0.5, 0.6) is 11.6 Å². The number of pyridine rings is 1. The Morgan fingerprint density at radius 1 is 1.25 bits per heavy atom. The van der Waals surface area contributed by atoms with Gasteiger partial charge in [-0.25, -0.2) is 10.4 Å². The Hall–Kier alpha value is -3.96. The van der Waals surface area contributed by atoms with Crippen LogP contribution in [0.25, 0.3) is 10.8 Å². The van der Waals surface area contributed by atoms with E-state index in [9.17, 15) is 10.1 Å². The van der Waals surface area contributed by atoms with Gasteiger partial charge in [0.15, 0.2) is 6.61 Å². The molecular weight excluding hydrogens is 408 g/mol. The third kappa shape index (κ3) is 5.39. The summed E-state index contributed by atoms with van der Waals surface area (Å²) in [6, 6.07) is 15.5. The quantitative estimate of drug-likeness (QED) is 0.410. The van der Waals surface area contributed by atoms with E-state index in [1.54, 1.807) is 19.2 Å². The molecule has 1 heterocycles. The lowest BCUT2D eigenvalue weighted by Gasteiger charge is -2.11. The molecule has 2 aromatic carbocycles. The molecule has 0 spiro atoms. The number of hydrogen-bond acceptors (Lipinski definition) is 7. The van der Waals surface area contributed by atoms with Crippen molar-refractivity contribution in [3.8, 4) is 17.7 Å². The number of nitrogens with zero attached hydrogens (tertiary/aromatic N) is 3. The smallest absolute Gasteiger partial charge is 0.278 e. The second kappa shape index (κ2) is 10.9. The molecule has 0 bridgehead atoms. The van der Waals surface area contributed by atoms with Crippen LogP contribution < -0.4 is 14.9 Å². The first kappa shape index (κ1) is 22.7. The lowest BCUT2D eigenvalue weighted by molar-refractivity contribution is -0.123. The van der Waals surface area contributed by atoms with E-state index in [-0.39, 0.29) is 24.7 Å². The van der Waals surface area contributed by atoms with Gasteiger partial charge in [-0.15, -0.1) is 0 Å². The zero-order valence-corrected chi connectivity index (χ0v) is 18.2. The molecule has 0 saturated carbocycles. The van der Waals surface area contributed by atoms with E-state index in [4.69, 9.17) is 14.2 Å². The normalized spacial score (nSPS) is 10.8. The van der Waals surface area contributed by atoms with Gasteiger partial charge in [-0.3, -0.25) is 4.79 Å². The third-order valence-electron chi connectivity index (χ3n) is 4.56. The number of nitriles is 1. The second-order valence-corrected chi connectivity index (χ2v) is 6.86. The summed E-state index contributed by atoms with van der Waals surface area (Å²) < 4.78 is 16.3. The predicted molar refractivity (Wildman–Crippen MR) is 121 cm³/mol. The number of aromatic nitrogens is 1. The minimum atomic E-state index is -0.486. The predicted octanol–water partition coefficient (Wildman–Crippen LogP) is 3.49. The minimum absolute atomic E-state index is 0.0892. The molecule has 164 valence electrons. The Bertz CT molecular complexity index is 1180. The van der Waals surface area contributed by atoms with Crippen LogP contribution in [0.4, 0.5) is 0 Å². The Morgan fingerprint density at radius 2 is 2.06 bits per heavy atom. The van der Waals surface area contributed by atoms with E-state index < -0.39 is 5.91 Å². The largest absolute Gasteiger partial charge is 0.493 e. The zero-order valence-electron chi connectivity index (χ0n) is 18.2. The highest BCUT2D eigenvalue weighted by Gasteiger charge is 2.14. The van der Waals surface area contributed by atoms with Crippen LogP contribution in [-0.4, -0.2) is 37.4 Å². The number of benzene rings is 2. The first-order valence-corrected chi connectivity index (χ1v) is 10.1. The number of fused-ring (bicyclic) bond motifs is 1. The summed E-state index contributed by atoms with van der Waals surface area (Å²) in [6.45, 7) is 4.09. The molecule has 3 aromatic rings. The highest BCUT2D eigenvalue weighted by Crippen LogP contribution is 2.26. The van der Waals surface area contributed by atoms with Crippen molar-refractivity contribution in [2.75, 3.05) is 20.3 Å². The molecule has 0 fully saturated rings. The number of rotatable bonds is 9. The van der Waals surface area contributed by atoms with Crippen LogP contribution in [0, 0.1) is 18.3 Å². The average molecular weight is 432 g/mol. The van der Waals surface area contributed by atoms with Gasteiger partial charge < -0.3 is 14.2 Å². The van der Waals surface area contributed by atoms with Crippen molar-refractivity contribution < 1.29 is 19.0 Å². The van der Waals surface area contributed by atoms with Gasteiger partial charge >= 0.3 is 0 Å². The van der Waals surface area contributed by atoms with Crippen molar-refractivity contribution in [3.63, 3.8) is 0 Å². The number of nitrogens with one attached hydrogen (secondary N) is 1. The molecule has 0 aliphatic carbocycles. The number of ether oxygens (including phenoxy) is 3. The molecule has 1 aromatic heterocycles.